The lowest BCUT2D eigenvalue weighted by molar-refractivity contribution is 0.669. The van der Waals surface area contributed by atoms with Crippen molar-refractivity contribution in [1.82, 2.24) is 0 Å². The van der Waals surface area contributed by atoms with Gasteiger partial charge in [-0.3, -0.25) is 0 Å². The van der Waals surface area contributed by atoms with E-state index < -0.39 is 0 Å². The topological polar surface area (TPSA) is 16.4 Å². The Hall–Kier alpha value is -5.38. The van der Waals surface area contributed by atoms with E-state index in [1.807, 2.05) is 23.5 Å². The fraction of sp³-hybridized carbons (Fsp3) is 0. The highest BCUT2D eigenvalue weighted by Gasteiger charge is 2.19. The summed E-state index contributed by atoms with van der Waals surface area (Å²) in [5, 5.41) is 7.52. The van der Waals surface area contributed by atoms with Gasteiger partial charge < -0.3 is 9.32 Å². The first-order valence-electron chi connectivity index (χ1n) is 14.5. The molecule has 0 aliphatic heterocycles. The van der Waals surface area contributed by atoms with Crippen LogP contribution in [0.5, 0.6) is 0 Å². The largest absolute Gasteiger partial charge is 0.454 e. The van der Waals surface area contributed by atoms with Gasteiger partial charge in [0, 0.05) is 42.3 Å². The van der Waals surface area contributed by atoms with E-state index in [1.54, 1.807) is 0 Å². The highest BCUT2D eigenvalue weighted by atomic mass is 32.1. The van der Waals surface area contributed by atoms with E-state index in [9.17, 15) is 0 Å². The van der Waals surface area contributed by atoms with E-state index >= 15 is 0 Å². The maximum Gasteiger partial charge on any atom is 0.159 e. The van der Waals surface area contributed by atoms with Gasteiger partial charge in [0.1, 0.15) is 5.58 Å². The number of hydrogen-bond donors (Lipinski definition) is 0. The first kappa shape index (κ1) is 24.2. The summed E-state index contributed by atoms with van der Waals surface area (Å²) in [6.07, 6.45) is 0. The maximum atomic E-state index is 6.45. The zero-order valence-electron chi connectivity index (χ0n) is 23.2. The minimum atomic E-state index is 0.887. The van der Waals surface area contributed by atoms with Crippen molar-refractivity contribution in [3.63, 3.8) is 0 Å². The summed E-state index contributed by atoms with van der Waals surface area (Å²) in [6.45, 7) is 0. The van der Waals surface area contributed by atoms with E-state index in [2.05, 4.69) is 144 Å². The molecule has 0 amide bonds. The molecule has 9 aromatic rings. The van der Waals surface area contributed by atoms with Gasteiger partial charge in [-0.2, -0.15) is 0 Å². The van der Waals surface area contributed by atoms with Crippen molar-refractivity contribution in [1.29, 1.82) is 0 Å². The molecule has 43 heavy (non-hydrogen) atoms. The average Bonchev–Trinajstić information content (AvgIpc) is 3.65. The smallest absolute Gasteiger partial charge is 0.159 e. The third-order valence-corrected chi connectivity index (χ3v) is 9.59. The number of para-hydroxylation sites is 3. The van der Waals surface area contributed by atoms with Crippen molar-refractivity contribution in [2.24, 2.45) is 0 Å². The summed E-state index contributed by atoms with van der Waals surface area (Å²) >= 11 is 1.87. The van der Waals surface area contributed by atoms with Crippen LogP contribution in [0.3, 0.4) is 0 Å². The van der Waals surface area contributed by atoms with Crippen LogP contribution >= 0.6 is 11.3 Å². The van der Waals surface area contributed by atoms with E-state index in [1.165, 1.54) is 42.1 Å². The van der Waals surface area contributed by atoms with Crippen LogP contribution in [0.4, 0.5) is 17.1 Å². The highest BCUT2D eigenvalue weighted by molar-refractivity contribution is 7.26. The Bertz CT molecular complexity index is 2450. The molecule has 7 aromatic carbocycles. The van der Waals surface area contributed by atoms with Crippen LogP contribution in [0.15, 0.2) is 156 Å². The fourth-order valence-electron chi connectivity index (χ4n) is 6.45. The molecule has 0 radical (unpaired) electrons. The molecule has 0 saturated heterocycles. The van der Waals surface area contributed by atoms with Gasteiger partial charge in [0.15, 0.2) is 5.58 Å². The van der Waals surface area contributed by atoms with Crippen molar-refractivity contribution < 1.29 is 4.42 Å². The van der Waals surface area contributed by atoms with Crippen molar-refractivity contribution in [2.75, 3.05) is 4.90 Å². The SMILES string of the molecule is c1ccc(N(c2ccc(-c3ccc4c(ccc5sc6ccccc6c54)c3)cc2)c2cccc3c2oc2ccccc23)cc1. The van der Waals surface area contributed by atoms with Crippen LogP contribution in [0.1, 0.15) is 0 Å². The highest BCUT2D eigenvalue weighted by Crippen LogP contribution is 2.43. The fourth-order valence-corrected chi connectivity index (χ4v) is 7.57. The molecule has 0 fully saturated rings. The Morgan fingerprint density at radius 1 is 0.465 bits per heavy atom. The molecule has 202 valence electrons. The summed E-state index contributed by atoms with van der Waals surface area (Å²) < 4.78 is 9.13. The lowest BCUT2D eigenvalue weighted by atomic mass is 9.98. The zero-order chi connectivity index (χ0) is 28.3. The van der Waals surface area contributed by atoms with Crippen molar-refractivity contribution >= 4 is 81.3 Å². The molecule has 0 unspecified atom stereocenters. The number of fused-ring (bicyclic) bond motifs is 8. The number of nitrogens with zero attached hydrogens (tertiary/aromatic N) is 1. The molecular formula is C40H25NOS. The van der Waals surface area contributed by atoms with Crippen LogP contribution in [0, 0.1) is 0 Å². The second kappa shape index (κ2) is 9.59. The lowest BCUT2D eigenvalue weighted by Gasteiger charge is -2.25. The summed E-state index contributed by atoms with van der Waals surface area (Å²) in [5.41, 5.74) is 7.37. The Morgan fingerprint density at radius 2 is 1.19 bits per heavy atom. The standard InChI is InChI=1S/C40H25NOS/c1-2-9-29(10-3-1)41(35-14-8-13-33-32-11-4-6-15-36(32)42-40(33)35)30-21-17-26(18-22-30)27-19-23-31-28(25-27)20-24-38-39(31)34-12-5-7-16-37(34)43-38/h1-25H. The Labute approximate surface area is 252 Å². The summed E-state index contributed by atoms with van der Waals surface area (Å²) in [4.78, 5) is 2.29. The van der Waals surface area contributed by atoms with Gasteiger partial charge >= 0.3 is 0 Å². The average molecular weight is 568 g/mol. The molecule has 3 heteroatoms. The monoisotopic (exact) mass is 567 g/mol. The maximum absolute atomic E-state index is 6.45. The van der Waals surface area contributed by atoms with Crippen molar-refractivity contribution in [3.05, 3.63) is 152 Å². The minimum Gasteiger partial charge on any atom is -0.454 e. The molecule has 2 nitrogen and oxygen atoms in total. The molecule has 2 aromatic heterocycles. The van der Waals surface area contributed by atoms with E-state index in [-0.39, 0.29) is 0 Å². The third-order valence-electron chi connectivity index (χ3n) is 8.46. The van der Waals surface area contributed by atoms with Crippen molar-refractivity contribution in [3.8, 4) is 11.1 Å². The number of furan rings is 1. The second-order valence-corrected chi connectivity index (χ2v) is 12.0. The Balaban J connectivity index is 1.16. The second-order valence-electron chi connectivity index (χ2n) is 10.9. The lowest BCUT2D eigenvalue weighted by Crippen LogP contribution is -2.10. The van der Waals surface area contributed by atoms with Gasteiger partial charge in [-0.1, -0.05) is 97.1 Å². The first-order chi connectivity index (χ1) is 21.3. The van der Waals surface area contributed by atoms with E-state index in [0.29, 0.717) is 0 Å². The van der Waals surface area contributed by atoms with Crippen LogP contribution in [0.25, 0.3) is 64.0 Å². The Morgan fingerprint density at radius 3 is 2.07 bits per heavy atom. The Kier molecular flexibility index (Phi) is 5.40. The molecule has 0 aliphatic rings. The molecule has 0 bridgehead atoms. The normalized spacial score (nSPS) is 11.7. The van der Waals surface area contributed by atoms with Gasteiger partial charge in [-0.05, 0) is 76.5 Å². The number of benzene rings is 7. The predicted octanol–water partition coefficient (Wildman–Crippen LogP) is 12.2. The molecule has 2 heterocycles. The molecule has 0 aliphatic carbocycles. The summed E-state index contributed by atoms with van der Waals surface area (Å²) in [5.74, 6) is 0. The van der Waals surface area contributed by atoms with Crippen molar-refractivity contribution in [2.45, 2.75) is 0 Å². The zero-order valence-corrected chi connectivity index (χ0v) is 24.0. The van der Waals surface area contributed by atoms with Gasteiger partial charge in [-0.25, -0.2) is 0 Å². The number of anilines is 3. The van der Waals surface area contributed by atoms with Crippen LogP contribution < -0.4 is 4.90 Å². The van der Waals surface area contributed by atoms with Crippen LogP contribution in [-0.4, -0.2) is 0 Å². The molecule has 0 atom stereocenters. The molecule has 0 N–H and O–H groups in total. The summed E-state index contributed by atoms with van der Waals surface area (Å²) in [7, 11) is 0. The predicted molar refractivity (Wildman–Crippen MR) is 184 cm³/mol. The number of hydrogen-bond acceptors (Lipinski definition) is 3. The number of thiophene rings is 1. The minimum absolute atomic E-state index is 0.887. The third kappa shape index (κ3) is 3.86. The molecule has 9 rings (SSSR count). The van der Waals surface area contributed by atoms with Gasteiger partial charge in [0.05, 0.1) is 5.69 Å². The van der Waals surface area contributed by atoms with Gasteiger partial charge in [0.25, 0.3) is 0 Å². The molecule has 0 spiro atoms. The number of rotatable bonds is 4. The van der Waals surface area contributed by atoms with Crippen LogP contribution in [0.2, 0.25) is 0 Å². The quantitative estimate of drug-likeness (QED) is 0.210. The van der Waals surface area contributed by atoms with E-state index in [0.717, 1.165) is 39.0 Å². The van der Waals surface area contributed by atoms with Gasteiger partial charge in [-0.15, -0.1) is 11.3 Å². The van der Waals surface area contributed by atoms with Gasteiger partial charge in [0.2, 0.25) is 0 Å². The molecular weight excluding hydrogens is 543 g/mol. The first-order valence-corrected chi connectivity index (χ1v) is 15.3. The summed E-state index contributed by atoms with van der Waals surface area (Å²) in [6, 6.07) is 54.2. The van der Waals surface area contributed by atoms with Crippen LogP contribution in [-0.2, 0) is 0 Å². The van der Waals surface area contributed by atoms with E-state index in [4.69, 9.17) is 4.42 Å². The molecule has 0 saturated carbocycles.